The number of rotatable bonds is 3. The van der Waals surface area contributed by atoms with E-state index in [2.05, 4.69) is 4.99 Å². The molecule has 0 aliphatic carbocycles. The Bertz CT molecular complexity index is 768. The van der Waals surface area contributed by atoms with E-state index in [1.165, 1.54) is 0 Å². The third-order valence-electron chi connectivity index (χ3n) is 4.53. The van der Waals surface area contributed by atoms with E-state index in [1.54, 1.807) is 16.0 Å². The molecule has 0 aromatic heterocycles. The van der Waals surface area contributed by atoms with Gasteiger partial charge >= 0.3 is 12.2 Å². The van der Waals surface area contributed by atoms with E-state index < -0.39 is 11.7 Å². The average Bonchev–Trinajstić information content (AvgIpc) is 3.20. The highest BCUT2D eigenvalue weighted by Gasteiger charge is 2.37. The second kappa shape index (κ2) is 8.46. The molecule has 3 rings (SSSR count). The minimum Gasteiger partial charge on any atom is -0.445 e. The normalized spacial score (nSPS) is 19.4. The van der Waals surface area contributed by atoms with Gasteiger partial charge in [0.25, 0.3) is 0 Å². The fourth-order valence-electron chi connectivity index (χ4n) is 3.18. The Balaban J connectivity index is 1.67. The number of carbonyl (C=O) groups excluding carboxylic acids is 2. The summed E-state index contributed by atoms with van der Waals surface area (Å²) in [7, 11) is 0. The van der Waals surface area contributed by atoms with Crippen LogP contribution in [0.3, 0.4) is 0 Å². The first-order valence-corrected chi connectivity index (χ1v) is 9.50. The molecule has 28 heavy (non-hydrogen) atoms. The first-order valence-electron chi connectivity index (χ1n) is 9.50. The van der Waals surface area contributed by atoms with Crippen molar-refractivity contribution in [3.05, 3.63) is 48.2 Å². The number of hydrogen-bond donors (Lipinski definition) is 0. The van der Waals surface area contributed by atoms with E-state index >= 15 is 0 Å². The van der Waals surface area contributed by atoms with Crippen LogP contribution in [0.5, 0.6) is 0 Å². The highest BCUT2D eigenvalue weighted by Crippen LogP contribution is 2.20. The molecule has 1 aromatic carbocycles. The van der Waals surface area contributed by atoms with Gasteiger partial charge in [-0.3, -0.25) is 9.89 Å². The highest BCUT2D eigenvalue weighted by molar-refractivity contribution is 5.95. The zero-order valence-corrected chi connectivity index (χ0v) is 16.6. The topological polar surface area (TPSA) is 71.4 Å². The lowest BCUT2D eigenvalue weighted by atomic mass is 10.1. The SMILES string of the molecule is CC(C)(C)OC(=O)N1CCN(C(=O)OCc2ccccc2)C(C2=NC=CC2)C1. The third kappa shape index (κ3) is 5.12. The van der Waals surface area contributed by atoms with Gasteiger partial charge in [0, 0.05) is 31.4 Å². The van der Waals surface area contributed by atoms with Gasteiger partial charge in [0.05, 0.1) is 12.6 Å². The summed E-state index contributed by atoms with van der Waals surface area (Å²) in [6.07, 6.45) is 3.56. The maximum atomic E-state index is 12.7. The van der Waals surface area contributed by atoms with Gasteiger partial charge in [-0.15, -0.1) is 0 Å². The standard InChI is InChI=1S/C21H27N3O4/c1-21(2,3)28-19(25)23-12-13-24(18(14-23)17-10-7-11-22-17)20(26)27-15-16-8-5-4-6-9-16/h4-9,11,18H,10,12-15H2,1-3H3. The van der Waals surface area contributed by atoms with Crippen molar-refractivity contribution >= 4 is 17.9 Å². The maximum absolute atomic E-state index is 12.7. The van der Waals surface area contributed by atoms with E-state index in [0.29, 0.717) is 26.1 Å². The van der Waals surface area contributed by atoms with Gasteiger partial charge in [0.15, 0.2) is 0 Å². The Labute approximate surface area is 165 Å². The summed E-state index contributed by atoms with van der Waals surface area (Å²) in [6.45, 7) is 6.84. The molecule has 0 N–H and O–H groups in total. The molecule has 7 heteroatoms. The van der Waals surface area contributed by atoms with E-state index in [4.69, 9.17) is 9.47 Å². The van der Waals surface area contributed by atoms with Crippen molar-refractivity contribution in [3.8, 4) is 0 Å². The van der Waals surface area contributed by atoms with Crippen molar-refractivity contribution in [2.75, 3.05) is 19.6 Å². The van der Waals surface area contributed by atoms with Crippen LogP contribution in [0.1, 0.15) is 32.8 Å². The van der Waals surface area contributed by atoms with Gasteiger partial charge in [-0.1, -0.05) is 36.4 Å². The van der Waals surface area contributed by atoms with Gasteiger partial charge in [-0.25, -0.2) is 9.59 Å². The van der Waals surface area contributed by atoms with Crippen LogP contribution in [0.2, 0.25) is 0 Å². The first kappa shape index (κ1) is 19.9. The van der Waals surface area contributed by atoms with Gasteiger partial charge in [0.2, 0.25) is 0 Å². The highest BCUT2D eigenvalue weighted by atomic mass is 16.6. The van der Waals surface area contributed by atoms with Crippen LogP contribution < -0.4 is 0 Å². The Morgan fingerprint density at radius 3 is 2.54 bits per heavy atom. The van der Waals surface area contributed by atoms with Crippen LogP contribution in [0, 0.1) is 0 Å². The summed E-state index contributed by atoms with van der Waals surface area (Å²) in [5.74, 6) is 0. The fraction of sp³-hybridized carbons (Fsp3) is 0.476. The number of allylic oxidation sites excluding steroid dienone is 1. The van der Waals surface area contributed by atoms with E-state index in [0.717, 1.165) is 11.3 Å². The number of hydrogen-bond acceptors (Lipinski definition) is 5. The summed E-state index contributed by atoms with van der Waals surface area (Å²) in [6, 6.07) is 9.24. The lowest BCUT2D eigenvalue weighted by Crippen LogP contribution is -2.59. The molecule has 1 aromatic rings. The molecule has 0 saturated carbocycles. The Morgan fingerprint density at radius 2 is 1.89 bits per heavy atom. The Hall–Kier alpha value is -2.83. The molecule has 1 unspecified atom stereocenters. The van der Waals surface area contributed by atoms with Gasteiger partial charge in [0.1, 0.15) is 12.2 Å². The molecule has 1 fully saturated rings. The molecule has 0 bridgehead atoms. The molecular formula is C21H27N3O4. The van der Waals surface area contributed by atoms with Crippen molar-refractivity contribution in [2.45, 2.75) is 45.4 Å². The molecule has 1 saturated heterocycles. The lowest BCUT2D eigenvalue weighted by Gasteiger charge is -2.41. The zero-order valence-electron chi connectivity index (χ0n) is 16.6. The second-order valence-electron chi connectivity index (χ2n) is 7.89. The summed E-state index contributed by atoms with van der Waals surface area (Å²) < 4.78 is 11.0. The number of benzene rings is 1. The summed E-state index contributed by atoms with van der Waals surface area (Å²) in [5, 5.41) is 0. The molecule has 2 amide bonds. The van der Waals surface area contributed by atoms with Crippen LogP contribution in [-0.4, -0.2) is 59.0 Å². The van der Waals surface area contributed by atoms with Crippen LogP contribution in [-0.2, 0) is 16.1 Å². The third-order valence-corrected chi connectivity index (χ3v) is 4.53. The van der Waals surface area contributed by atoms with Crippen molar-refractivity contribution in [2.24, 2.45) is 4.99 Å². The predicted molar refractivity (Wildman–Crippen MR) is 106 cm³/mol. The lowest BCUT2D eigenvalue weighted by molar-refractivity contribution is 0.00788. The monoisotopic (exact) mass is 385 g/mol. The number of carbonyl (C=O) groups is 2. The molecule has 0 spiro atoms. The number of aliphatic imine (C=N–C) groups is 1. The number of piperazine rings is 1. The van der Waals surface area contributed by atoms with Crippen LogP contribution in [0.15, 0.2) is 47.6 Å². The smallest absolute Gasteiger partial charge is 0.410 e. The summed E-state index contributed by atoms with van der Waals surface area (Å²) in [5.41, 5.74) is 1.22. The molecule has 0 radical (unpaired) electrons. The second-order valence-corrected chi connectivity index (χ2v) is 7.89. The van der Waals surface area contributed by atoms with E-state index in [9.17, 15) is 9.59 Å². The number of amides is 2. The minimum atomic E-state index is -0.565. The molecular weight excluding hydrogens is 358 g/mol. The van der Waals surface area contributed by atoms with Crippen molar-refractivity contribution in [3.63, 3.8) is 0 Å². The predicted octanol–water partition coefficient (Wildman–Crippen LogP) is 3.60. The van der Waals surface area contributed by atoms with Gasteiger partial charge in [-0.05, 0) is 26.3 Å². The van der Waals surface area contributed by atoms with Crippen molar-refractivity contribution < 1.29 is 19.1 Å². The summed E-state index contributed by atoms with van der Waals surface area (Å²) in [4.78, 5) is 32.9. The van der Waals surface area contributed by atoms with Crippen LogP contribution >= 0.6 is 0 Å². The number of nitrogens with zero attached hydrogens (tertiary/aromatic N) is 3. The van der Waals surface area contributed by atoms with Gasteiger partial charge < -0.3 is 14.4 Å². The molecule has 2 heterocycles. The Morgan fingerprint density at radius 1 is 1.14 bits per heavy atom. The van der Waals surface area contributed by atoms with Crippen molar-refractivity contribution in [1.82, 2.24) is 9.80 Å². The van der Waals surface area contributed by atoms with Crippen LogP contribution in [0.25, 0.3) is 0 Å². The largest absolute Gasteiger partial charge is 0.445 e. The molecule has 2 aliphatic rings. The number of ether oxygens (including phenoxy) is 2. The molecule has 1 atom stereocenters. The molecule has 150 valence electrons. The van der Waals surface area contributed by atoms with Gasteiger partial charge in [-0.2, -0.15) is 0 Å². The van der Waals surface area contributed by atoms with Crippen LogP contribution in [0.4, 0.5) is 9.59 Å². The summed E-state index contributed by atoms with van der Waals surface area (Å²) >= 11 is 0. The van der Waals surface area contributed by atoms with E-state index in [1.807, 2.05) is 57.2 Å². The quantitative estimate of drug-likeness (QED) is 0.797. The zero-order chi connectivity index (χ0) is 20.1. The minimum absolute atomic E-state index is 0.212. The maximum Gasteiger partial charge on any atom is 0.410 e. The molecule has 2 aliphatic heterocycles. The fourth-order valence-corrected chi connectivity index (χ4v) is 3.18. The average molecular weight is 385 g/mol. The first-order chi connectivity index (χ1) is 13.3. The van der Waals surface area contributed by atoms with E-state index in [-0.39, 0.29) is 18.7 Å². The molecule has 7 nitrogen and oxygen atoms in total. The van der Waals surface area contributed by atoms with Crippen molar-refractivity contribution in [1.29, 1.82) is 0 Å². The Kier molecular flexibility index (Phi) is 6.02.